The van der Waals surface area contributed by atoms with E-state index in [-0.39, 0.29) is 0 Å². The summed E-state index contributed by atoms with van der Waals surface area (Å²) >= 11 is 3.63. The summed E-state index contributed by atoms with van der Waals surface area (Å²) in [6.07, 6.45) is 0. The van der Waals surface area contributed by atoms with E-state index in [1.54, 1.807) is 11.3 Å². The maximum atomic E-state index is 5.51. The van der Waals surface area contributed by atoms with Crippen molar-refractivity contribution in [1.82, 2.24) is 19.9 Å². The first-order valence-electron chi connectivity index (χ1n) is 17.2. The summed E-state index contributed by atoms with van der Waals surface area (Å²) < 4.78 is 4.99. The monoisotopic (exact) mass is 698 g/mol. The van der Waals surface area contributed by atoms with Gasteiger partial charge in [0.15, 0.2) is 17.5 Å². The summed E-state index contributed by atoms with van der Waals surface area (Å²) in [5.74, 6) is 1.87. The molecule has 0 bridgehead atoms. The third-order valence-corrected chi connectivity index (χ3v) is 12.2. The Hall–Kier alpha value is -6.34. The minimum Gasteiger partial charge on any atom is -0.246 e. The summed E-state index contributed by atoms with van der Waals surface area (Å²) in [4.78, 5) is 21.2. The van der Waals surface area contributed by atoms with Crippen LogP contribution in [0, 0.1) is 0 Å². The van der Waals surface area contributed by atoms with Crippen LogP contribution >= 0.6 is 22.7 Å². The summed E-state index contributed by atoms with van der Waals surface area (Å²) in [6, 6.07) is 55.3. The minimum atomic E-state index is 0.596. The molecule has 242 valence electrons. The Morgan fingerprint density at radius 3 is 1.60 bits per heavy atom. The first kappa shape index (κ1) is 29.4. The first-order chi connectivity index (χ1) is 25.8. The second-order valence-corrected chi connectivity index (χ2v) is 15.1. The number of pyridine rings is 1. The van der Waals surface area contributed by atoms with Crippen molar-refractivity contribution < 1.29 is 0 Å². The highest BCUT2D eigenvalue weighted by molar-refractivity contribution is 7.26. The smallest absolute Gasteiger partial charge is 0.166 e. The number of hydrogen-bond acceptors (Lipinski definition) is 6. The second kappa shape index (κ2) is 11.6. The van der Waals surface area contributed by atoms with Crippen molar-refractivity contribution in [3.05, 3.63) is 158 Å². The third kappa shape index (κ3) is 4.51. The predicted molar refractivity (Wildman–Crippen MR) is 220 cm³/mol. The molecule has 0 saturated heterocycles. The van der Waals surface area contributed by atoms with Crippen LogP contribution in [0.15, 0.2) is 158 Å². The SMILES string of the molecule is c1ccc(-c2nc(-c3cccc4c3nc(-c3ccccc3)c3ccc5sc6ccccc6c5c34)nc(-c3cccc4sc5ccccc5c34)n2)cc1. The van der Waals surface area contributed by atoms with Gasteiger partial charge in [0.1, 0.15) is 0 Å². The number of aromatic nitrogens is 4. The Morgan fingerprint density at radius 1 is 0.308 bits per heavy atom. The van der Waals surface area contributed by atoms with Gasteiger partial charge in [0.2, 0.25) is 0 Å². The van der Waals surface area contributed by atoms with E-state index in [2.05, 4.69) is 140 Å². The number of rotatable bonds is 4. The van der Waals surface area contributed by atoms with E-state index in [1.807, 2.05) is 29.5 Å². The van der Waals surface area contributed by atoms with E-state index in [9.17, 15) is 0 Å². The van der Waals surface area contributed by atoms with Gasteiger partial charge in [-0.1, -0.05) is 127 Å². The molecule has 0 aliphatic rings. The fraction of sp³-hybridized carbons (Fsp3) is 0. The molecule has 0 aliphatic carbocycles. The molecule has 0 amide bonds. The van der Waals surface area contributed by atoms with Gasteiger partial charge in [0, 0.05) is 78.8 Å². The molecule has 11 aromatic rings. The Balaban J connectivity index is 1.26. The van der Waals surface area contributed by atoms with Gasteiger partial charge >= 0.3 is 0 Å². The molecule has 7 aromatic carbocycles. The highest BCUT2D eigenvalue weighted by Gasteiger charge is 2.21. The van der Waals surface area contributed by atoms with Gasteiger partial charge in [-0.05, 0) is 30.3 Å². The molecule has 4 aromatic heterocycles. The van der Waals surface area contributed by atoms with Gasteiger partial charge in [-0.15, -0.1) is 22.7 Å². The Bertz CT molecular complexity index is 3180. The summed E-state index contributed by atoms with van der Waals surface area (Å²) in [7, 11) is 0. The Labute approximate surface area is 306 Å². The normalized spacial score (nSPS) is 11.8. The molecular formula is C46H26N4S2. The van der Waals surface area contributed by atoms with E-state index in [0.29, 0.717) is 17.5 Å². The lowest BCUT2D eigenvalue weighted by atomic mass is 9.95. The summed E-state index contributed by atoms with van der Waals surface area (Å²) in [6.45, 7) is 0. The third-order valence-electron chi connectivity index (χ3n) is 9.93. The number of fused-ring (bicyclic) bond motifs is 10. The van der Waals surface area contributed by atoms with Crippen LogP contribution in [0.4, 0.5) is 0 Å². The molecule has 4 heterocycles. The molecule has 4 nitrogen and oxygen atoms in total. The Kier molecular flexibility index (Phi) is 6.56. The fourth-order valence-corrected chi connectivity index (χ4v) is 9.87. The van der Waals surface area contributed by atoms with Crippen molar-refractivity contribution in [2.24, 2.45) is 0 Å². The Morgan fingerprint density at radius 2 is 0.846 bits per heavy atom. The van der Waals surface area contributed by atoms with E-state index in [4.69, 9.17) is 19.9 Å². The van der Waals surface area contributed by atoms with Crippen molar-refractivity contribution in [3.63, 3.8) is 0 Å². The maximum absolute atomic E-state index is 5.51. The number of thiophene rings is 2. The van der Waals surface area contributed by atoms with Crippen LogP contribution in [-0.2, 0) is 0 Å². The zero-order valence-corrected chi connectivity index (χ0v) is 29.2. The van der Waals surface area contributed by atoms with E-state index >= 15 is 0 Å². The van der Waals surface area contributed by atoms with E-state index < -0.39 is 0 Å². The standard InChI is InChI=1S/C46H26N4S2/c1-3-13-27(14-4-1)42-32-25-26-38-41(30-18-8-10-23-36(30)52-38)40(32)31-19-11-21-34(43(31)47-42)46-49-44(28-15-5-2-6-16-28)48-45(50-46)33-20-12-24-37-39(33)29-17-7-9-22-35(29)51-37/h1-26H. The average Bonchev–Trinajstić information content (AvgIpc) is 3.79. The minimum absolute atomic E-state index is 0.596. The van der Waals surface area contributed by atoms with Crippen molar-refractivity contribution in [2.45, 2.75) is 0 Å². The zero-order valence-electron chi connectivity index (χ0n) is 27.6. The number of nitrogens with zero attached hydrogens (tertiary/aromatic N) is 4. The summed E-state index contributed by atoms with van der Waals surface area (Å²) in [5.41, 5.74) is 5.68. The average molecular weight is 699 g/mol. The number of hydrogen-bond donors (Lipinski definition) is 0. The molecule has 0 unspecified atom stereocenters. The van der Waals surface area contributed by atoms with Crippen LogP contribution in [0.25, 0.3) is 107 Å². The predicted octanol–water partition coefficient (Wildman–Crippen LogP) is 13.0. The van der Waals surface area contributed by atoms with Crippen LogP contribution in [0.3, 0.4) is 0 Å². The number of para-hydroxylation sites is 1. The van der Waals surface area contributed by atoms with Crippen molar-refractivity contribution in [1.29, 1.82) is 0 Å². The van der Waals surface area contributed by atoms with Crippen LogP contribution in [0.5, 0.6) is 0 Å². The van der Waals surface area contributed by atoms with Gasteiger partial charge in [0.25, 0.3) is 0 Å². The second-order valence-electron chi connectivity index (χ2n) is 12.9. The first-order valence-corrected chi connectivity index (χ1v) is 18.9. The van der Waals surface area contributed by atoms with E-state index in [0.717, 1.165) is 44.2 Å². The molecule has 52 heavy (non-hydrogen) atoms. The molecule has 6 heteroatoms. The molecule has 0 atom stereocenters. The topological polar surface area (TPSA) is 51.6 Å². The lowest BCUT2D eigenvalue weighted by Gasteiger charge is -2.15. The van der Waals surface area contributed by atoms with Crippen LogP contribution in [-0.4, -0.2) is 19.9 Å². The van der Waals surface area contributed by atoms with Crippen molar-refractivity contribution in [3.8, 4) is 45.4 Å². The highest BCUT2D eigenvalue weighted by atomic mass is 32.1. The van der Waals surface area contributed by atoms with Crippen molar-refractivity contribution >= 4 is 84.7 Å². The molecule has 0 aliphatic heterocycles. The molecule has 0 radical (unpaired) electrons. The quantitative estimate of drug-likeness (QED) is 0.172. The maximum Gasteiger partial charge on any atom is 0.166 e. The van der Waals surface area contributed by atoms with Crippen LogP contribution in [0.1, 0.15) is 0 Å². The zero-order chi connectivity index (χ0) is 34.2. The largest absolute Gasteiger partial charge is 0.246 e. The lowest BCUT2D eigenvalue weighted by Crippen LogP contribution is -2.01. The highest BCUT2D eigenvalue weighted by Crippen LogP contribution is 2.45. The molecule has 0 N–H and O–H groups in total. The summed E-state index contributed by atoms with van der Waals surface area (Å²) in [5, 5.41) is 8.30. The molecule has 0 spiro atoms. The van der Waals surface area contributed by atoms with E-state index in [1.165, 1.54) is 45.7 Å². The van der Waals surface area contributed by atoms with Gasteiger partial charge in [-0.25, -0.2) is 19.9 Å². The van der Waals surface area contributed by atoms with Crippen molar-refractivity contribution in [2.75, 3.05) is 0 Å². The van der Waals surface area contributed by atoms with Crippen LogP contribution in [0.2, 0.25) is 0 Å². The molecule has 0 saturated carbocycles. The number of benzene rings is 7. The van der Waals surface area contributed by atoms with Gasteiger partial charge in [-0.2, -0.15) is 0 Å². The fourth-order valence-electron chi connectivity index (χ4n) is 7.62. The molecule has 11 rings (SSSR count). The van der Waals surface area contributed by atoms with Gasteiger partial charge in [0.05, 0.1) is 11.2 Å². The van der Waals surface area contributed by atoms with Gasteiger partial charge < -0.3 is 0 Å². The van der Waals surface area contributed by atoms with Crippen LogP contribution < -0.4 is 0 Å². The molecule has 0 fully saturated rings. The molecular weight excluding hydrogens is 673 g/mol. The van der Waals surface area contributed by atoms with Gasteiger partial charge in [-0.3, -0.25) is 0 Å². The lowest BCUT2D eigenvalue weighted by molar-refractivity contribution is 1.08.